The van der Waals surface area contributed by atoms with Crippen LogP contribution in [0.5, 0.6) is 0 Å². The Morgan fingerprint density at radius 2 is 1.85 bits per heavy atom. The number of anilines is 2. The summed E-state index contributed by atoms with van der Waals surface area (Å²) in [6.45, 7) is 4.94. The van der Waals surface area contributed by atoms with Gasteiger partial charge < -0.3 is 20.4 Å². The molecule has 0 unspecified atom stereocenters. The fraction of sp³-hybridized carbons (Fsp3) is 0.222. The smallest absolute Gasteiger partial charge is 0.287 e. The van der Waals surface area contributed by atoms with Crippen molar-refractivity contribution < 1.29 is 13.9 Å². The number of carbonyl (C=O) groups excluding carboxylic acids is 1. The van der Waals surface area contributed by atoms with Crippen molar-refractivity contribution in [1.82, 2.24) is 34.3 Å². The van der Waals surface area contributed by atoms with Gasteiger partial charge in [0, 0.05) is 17.4 Å². The van der Waals surface area contributed by atoms with E-state index in [4.69, 9.17) is 10.5 Å². The monoisotopic (exact) mass is 541 g/mol. The number of amides is 1. The lowest BCUT2D eigenvalue weighted by atomic mass is 10.1. The Bertz CT molecular complexity index is 1790. The molecule has 12 nitrogen and oxygen atoms in total. The van der Waals surface area contributed by atoms with Gasteiger partial charge in [-0.15, -0.1) is 0 Å². The number of ether oxygens (including phenoxy) is 1. The van der Waals surface area contributed by atoms with E-state index in [9.17, 15) is 14.0 Å². The Kier molecular flexibility index (Phi) is 6.27. The quantitative estimate of drug-likeness (QED) is 0.330. The van der Waals surface area contributed by atoms with Crippen molar-refractivity contribution in [2.75, 3.05) is 24.3 Å². The van der Waals surface area contributed by atoms with Crippen LogP contribution in [0.15, 0.2) is 60.0 Å². The summed E-state index contributed by atoms with van der Waals surface area (Å²) < 4.78 is 21.6. The van der Waals surface area contributed by atoms with Crippen LogP contribution >= 0.6 is 0 Å². The molecule has 40 heavy (non-hydrogen) atoms. The summed E-state index contributed by atoms with van der Waals surface area (Å²) in [5.41, 5.74) is 8.73. The van der Waals surface area contributed by atoms with Gasteiger partial charge in [0.1, 0.15) is 23.4 Å². The average Bonchev–Trinajstić information content (AvgIpc) is 3.29. The van der Waals surface area contributed by atoms with Gasteiger partial charge in [-0.05, 0) is 29.7 Å². The molecule has 1 aliphatic rings. The molecular formula is C27H24FN9O3. The minimum absolute atomic E-state index is 0.108. The Labute approximate surface area is 226 Å². The summed E-state index contributed by atoms with van der Waals surface area (Å²) in [6.07, 6.45) is 5.28. The van der Waals surface area contributed by atoms with Crippen LogP contribution in [0.4, 0.5) is 15.9 Å². The second-order valence-corrected chi connectivity index (χ2v) is 9.69. The highest BCUT2D eigenvalue weighted by Crippen LogP contribution is 2.36. The largest absolute Gasteiger partial charge is 0.383 e. The second-order valence-electron chi connectivity index (χ2n) is 9.69. The number of hydrogen-bond donors (Lipinski definition) is 2. The van der Waals surface area contributed by atoms with Crippen molar-refractivity contribution in [3.63, 3.8) is 0 Å². The number of fused-ring (bicyclic) bond motifs is 1. The maximum atomic E-state index is 13.3. The van der Waals surface area contributed by atoms with Crippen LogP contribution in [-0.2, 0) is 4.74 Å². The number of rotatable bonds is 6. The maximum Gasteiger partial charge on any atom is 0.287 e. The average molecular weight is 542 g/mol. The van der Waals surface area contributed by atoms with E-state index < -0.39 is 17.3 Å². The predicted octanol–water partition coefficient (Wildman–Crippen LogP) is 3.10. The molecule has 6 rings (SSSR count). The molecule has 0 aliphatic carbocycles. The van der Waals surface area contributed by atoms with E-state index >= 15 is 0 Å². The second kappa shape index (κ2) is 9.93. The van der Waals surface area contributed by atoms with E-state index in [-0.39, 0.29) is 23.5 Å². The molecular weight excluding hydrogens is 517 g/mol. The number of aromatic nitrogens is 7. The molecule has 1 saturated heterocycles. The topological polar surface area (TPSA) is 156 Å². The van der Waals surface area contributed by atoms with Crippen molar-refractivity contribution >= 4 is 28.4 Å². The molecule has 0 atom stereocenters. The third kappa shape index (κ3) is 4.45. The van der Waals surface area contributed by atoms with Gasteiger partial charge in [0.05, 0.1) is 42.7 Å². The van der Waals surface area contributed by atoms with Gasteiger partial charge in [0.25, 0.3) is 17.4 Å². The van der Waals surface area contributed by atoms with E-state index in [1.54, 1.807) is 12.1 Å². The van der Waals surface area contributed by atoms with Crippen molar-refractivity contribution in [1.29, 1.82) is 0 Å². The van der Waals surface area contributed by atoms with Crippen LogP contribution < -0.4 is 16.6 Å². The summed E-state index contributed by atoms with van der Waals surface area (Å²) in [7, 11) is 0. The van der Waals surface area contributed by atoms with E-state index in [0.29, 0.717) is 30.4 Å². The molecule has 0 spiro atoms. The number of nitrogens with two attached hydrogens (primary N) is 1. The predicted molar refractivity (Wildman–Crippen MR) is 145 cm³/mol. The first-order chi connectivity index (χ1) is 19.3. The molecule has 5 aromatic rings. The van der Waals surface area contributed by atoms with Gasteiger partial charge >= 0.3 is 0 Å². The summed E-state index contributed by atoms with van der Waals surface area (Å²) in [6, 6.07) is 8.76. The van der Waals surface area contributed by atoms with Crippen LogP contribution in [0.1, 0.15) is 41.9 Å². The standard InChI is InChI=1S/C27H24FN9O3/c1-14(2)21-7-19(26(39)37(35-21)27-30-8-16(28)9-31-27)25(38)34-17-5-3-15(4-6-17)20-10-36(18-11-40-12-18)24-22(20)23(29)32-13-33-24/h3-10,13-14,18H,11-12H2,1-2H3,(H,34,38)(H2,29,32,33). The van der Waals surface area contributed by atoms with E-state index in [2.05, 4.69) is 30.4 Å². The molecule has 1 fully saturated rings. The number of nitrogens with zero attached hydrogens (tertiary/aromatic N) is 7. The third-order valence-electron chi connectivity index (χ3n) is 6.67. The fourth-order valence-electron chi connectivity index (χ4n) is 4.43. The zero-order valence-electron chi connectivity index (χ0n) is 21.6. The first-order valence-corrected chi connectivity index (χ1v) is 12.5. The minimum atomic E-state index is -0.728. The number of halogens is 1. The van der Waals surface area contributed by atoms with E-state index in [0.717, 1.165) is 39.2 Å². The Morgan fingerprint density at radius 3 is 2.50 bits per heavy atom. The fourth-order valence-corrected chi connectivity index (χ4v) is 4.43. The van der Waals surface area contributed by atoms with Crippen LogP contribution in [0.2, 0.25) is 0 Å². The molecule has 0 saturated carbocycles. The number of hydrogen-bond acceptors (Lipinski definition) is 9. The van der Waals surface area contributed by atoms with Crippen LogP contribution in [0.3, 0.4) is 0 Å². The van der Waals surface area contributed by atoms with Gasteiger partial charge in [-0.3, -0.25) is 9.59 Å². The number of nitrogens with one attached hydrogen (secondary N) is 1. The number of nitrogen functional groups attached to an aromatic ring is 1. The summed E-state index contributed by atoms with van der Waals surface area (Å²) in [4.78, 5) is 42.7. The molecule has 202 valence electrons. The van der Waals surface area contributed by atoms with Gasteiger partial charge in [0.2, 0.25) is 0 Å². The molecule has 3 N–H and O–H groups in total. The Hall–Kier alpha value is -5.04. The minimum Gasteiger partial charge on any atom is -0.383 e. The van der Waals surface area contributed by atoms with Crippen molar-refractivity contribution in [3.05, 3.63) is 82.7 Å². The highest BCUT2D eigenvalue weighted by molar-refractivity contribution is 6.04. The molecule has 1 aromatic carbocycles. The summed E-state index contributed by atoms with van der Waals surface area (Å²) in [5.74, 6) is -1.16. The van der Waals surface area contributed by atoms with Gasteiger partial charge in [0.15, 0.2) is 5.82 Å². The summed E-state index contributed by atoms with van der Waals surface area (Å²) >= 11 is 0. The molecule has 0 radical (unpaired) electrons. The van der Waals surface area contributed by atoms with Crippen LogP contribution in [0.25, 0.3) is 28.1 Å². The maximum absolute atomic E-state index is 13.3. The molecule has 13 heteroatoms. The highest BCUT2D eigenvalue weighted by atomic mass is 19.1. The number of benzene rings is 1. The first kappa shape index (κ1) is 25.2. The lowest BCUT2D eigenvalue weighted by molar-refractivity contribution is -0.0215. The number of carbonyl (C=O) groups is 1. The van der Waals surface area contributed by atoms with Crippen molar-refractivity contribution in [3.8, 4) is 17.1 Å². The highest BCUT2D eigenvalue weighted by Gasteiger charge is 2.25. The SMILES string of the molecule is CC(C)c1cc(C(=O)Nc2ccc(-c3cn(C4COC4)c4ncnc(N)c34)cc2)c(=O)n(-c2ncc(F)cn2)n1. The van der Waals surface area contributed by atoms with Gasteiger partial charge in [-0.25, -0.2) is 24.3 Å². The lowest BCUT2D eigenvalue weighted by Gasteiger charge is -2.27. The Morgan fingerprint density at radius 1 is 1.12 bits per heavy atom. The molecule has 1 amide bonds. The molecule has 4 aromatic heterocycles. The lowest BCUT2D eigenvalue weighted by Crippen LogP contribution is -2.32. The third-order valence-corrected chi connectivity index (χ3v) is 6.67. The van der Waals surface area contributed by atoms with Gasteiger partial charge in [-0.1, -0.05) is 26.0 Å². The van der Waals surface area contributed by atoms with Gasteiger partial charge in [-0.2, -0.15) is 9.78 Å². The molecule has 5 heterocycles. The normalized spacial score (nSPS) is 13.5. The Balaban J connectivity index is 1.31. The van der Waals surface area contributed by atoms with Crippen molar-refractivity contribution in [2.45, 2.75) is 25.8 Å². The van der Waals surface area contributed by atoms with Crippen LogP contribution in [-0.4, -0.2) is 53.4 Å². The molecule has 0 bridgehead atoms. The van der Waals surface area contributed by atoms with Crippen molar-refractivity contribution in [2.24, 2.45) is 0 Å². The van der Waals surface area contributed by atoms with Crippen LogP contribution in [0, 0.1) is 5.82 Å². The summed E-state index contributed by atoms with van der Waals surface area (Å²) in [5, 5.41) is 7.78. The first-order valence-electron chi connectivity index (χ1n) is 12.5. The van der Waals surface area contributed by atoms with E-state index in [1.165, 1.54) is 12.4 Å². The van der Waals surface area contributed by atoms with E-state index in [1.807, 2.05) is 36.7 Å². The molecule has 1 aliphatic heterocycles. The zero-order chi connectivity index (χ0) is 28.0. The zero-order valence-corrected chi connectivity index (χ0v) is 21.6.